The molecule has 48 valence electrons. The van der Waals surface area contributed by atoms with Gasteiger partial charge in [0, 0.05) is 5.92 Å². The maximum atomic E-state index is 10.7. The first-order valence-corrected chi connectivity index (χ1v) is 3.93. The van der Waals surface area contributed by atoms with Crippen molar-refractivity contribution in [2.45, 2.75) is 20.3 Å². The summed E-state index contributed by atoms with van der Waals surface area (Å²) in [6.07, 6.45) is 0.949. The van der Waals surface area contributed by atoms with E-state index in [1.807, 2.05) is 13.8 Å². The van der Waals surface area contributed by atoms with Gasteiger partial charge in [0.1, 0.15) is 5.78 Å². The van der Waals surface area contributed by atoms with E-state index in [1.54, 1.807) is 0 Å². The molecule has 0 N–H and O–H groups in total. The van der Waals surface area contributed by atoms with Gasteiger partial charge in [-0.3, -0.25) is 4.79 Å². The van der Waals surface area contributed by atoms with Crippen LogP contribution in [0.25, 0.3) is 0 Å². The van der Waals surface area contributed by atoms with Gasteiger partial charge in [-0.1, -0.05) is 29.8 Å². The Morgan fingerprint density at radius 2 is 2.25 bits per heavy atom. The maximum Gasteiger partial charge on any atom is 0.146 e. The van der Waals surface area contributed by atoms with E-state index in [9.17, 15) is 4.79 Å². The van der Waals surface area contributed by atoms with Gasteiger partial charge in [-0.15, -0.1) is 0 Å². The van der Waals surface area contributed by atoms with Crippen molar-refractivity contribution in [3.05, 3.63) is 0 Å². The van der Waals surface area contributed by atoms with Crippen molar-refractivity contribution in [2.75, 3.05) is 5.33 Å². The molecule has 0 radical (unpaired) electrons. The molecule has 0 rings (SSSR count). The fourth-order valence-corrected chi connectivity index (χ4v) is 0.912. The molecule has 8 heavy (non-hydrogen) atoms. The largest absolute Gasteiger partial charge is 0.298 e. The second-order valence-electron chi connectivity index (χ2n) is 1.91. The minimum atomic E-state index is 0.231. The second kappa shape index (κ2) is 4.07. The van der Waals surface area contributed by atoms with Gasteiger partial charge in [0.05, 0.1) is 5.33 Å². The van der Waals surface area contributed by atoms with Gasteiger partial charge in [0.2, 0.25) is 0 Å². The van der Waals surface area contributed by atoms with Gasteiger partial charge >= 0.3 is 0 Å². The molecule has 0 aliphatic carbocycles. The third-order valence-electron chi connectivity index (χ3n) is 1.29. The van der Waals surface area contributed by atoms with Crippen LogP contribution in [0.1, 0.15) is 20.3 Å². The molecule has 0 aromatic carbocycles. The van der Waals surface area contributed by atoms with Gasteiger partial charge in [-0.25, -0.2) is 0 Å². The Bertz CT molecular complexity index is 80.6. The number of rotatable bonds is 3. The zero-order valence-corrected chi connectivity index (χ0v) is 6.86. The molecular weight excluding hydrogens is 168 g/mol. The number of hydrogen-bond donors (Lipinski definition) is 0. The molecule has 1 nitrogen and oxygen atoms in total. The molecule has 0 aromatic heterocycles. The molecule has 0 unspecified atom stereocenters. The van der Waals surface area contributed by atoms with Gasteiger partial charge < -0.3 is 0 Å². The second-order valence-corrected chi connectivity index (χ2v) is 2.47. The highest BCUT2D eigenvalue weighted by Crippen LogP contribution is 2.03. The van der Waals surface area contributed by atoms with Gasteiger partial charge in [0.25, 0.3) is 0 Å². The van der Waals surface area contributed by atoms with Gasteiger partial charge in [-0.2, -0.15) is 0 Å². The molecule has 0 aliphatic rings. The Labute approximate surface area is 58.6 Å². The third kappa shape index (κ3) is 2.46. The zero-order chi connectivity index (χ0) is 6.57. The number of ketones is 1. The van der Waals surface area contributed by atoms with Crippen LogP contribution in [0.3, 0.4) is 0 Å². The molecule has 0 spiro atoms. The van der Waals surface area contributed by atoms with Crippen LogP contribution in [0.15, 0.2) is 0 Å². The quantitative estimate of drug-likeness (QED) is 0.605. The summed E-state index contributed by atoms with van der Waals surface area (Å²) in [7, 11) is 0. The summed E-state index contributed by atoms with van der Waals surface area (Å²) >= 11 is 3.11. The molecule has 0 saturated carbocycles. The van der Waals surface area contributed by atoms with Crippen LogP contribution in [0, 0.1) is 5.92 Å². The van der Waals surface area contributed by atoms with Crippen molar-refractivity contribution in [3.63, 3.8) is 0 Å². The van der Waals surface area contributed by atoms with Crippen molar-refractivity contribution in [1.82, 2.24) is 0 Å². The molecule has 0 aliphatic heterocycles. The number of Topliss-reactive ketones (excluding diaryl/α,β-unsaturated/α-hetero) is 1. The summed E-state index contributed by atoms with van der Waals surface area (Å²) in [5.41, 5.74) is 0. The van der Waals surface area contributed by atoms with Gasteiger partial charge in [0.15, 0.2) is 0 Å². The minimum absolute atomic E-state index is 0.231. The van der Waals surface area contributed by atoms with Crippen LogP contribution in [0.4, 0.5) is 0 Å². The van der Waals surface area contributed by atoms with E-state index in [4.69, 9.17) is 0 Å². The monoisotopic (exact) mass is 178 g/mol. The first kappa shape index (κ1) is 8.15. The van der Waals surface area contributed by atoms with Crippen LogP contribution < -0.4 is 0 Å². The van der Waals surface area contributed by atoms with Crippen LogP contribution in [-0.2, 0) is 4.79 Å². The molecular formula is C6H11BrO. The van der Waals surface area contributed by atoms with Crippen molar-refractivity contribution in [2.24, 2.45) is 5.92 Å². The van der Waals surface area contributed by atoms with Crippen molar-refractivity contribution >= 4 is 21.7 Å². The summed E-state index contributed by atoms with van der Waals surface area (Å²) in [4.78, 5) is 10.7. The lowest BCUT2D eigenvalue weighted by molar-refractivity contribution is -0.119. The number of carbonyl (C=O) groups excluding carboxylic acids is 1. The van der Waals surface area contributed by atoms with Crippen LogP contribution in [0.2, 0.25) is 0 Å². The summed E-state index contributed by atoms with van der Waals surface area (Å²) < 4.78 is 0. The lowest BCUT2D eigenvalue weighted by Gasteiger charge is -2.01. The summed E-state index contributed by atoms with van der Waals surface area (Å²) in [6, 6.07) is 0. The first-order valence-electron chi connectivity index (χ1n) is 2.81. The summed E-state index contributed by atoms with van der Waals surface area (Å²) in [5, 5.41) is 0.502. The number of halogens is 1. The highest BCUT2D eigenvalue weighted by atomic mass is 79.9. The van der Waals surface area contributed by atoms with Crippen molar-refractivity contribution in [3.8, 4) is 0 Å². The third-order valence-corrected chi connectivity index (χ3v) is 1.85. The molecule has 0 amide bonds. The predicted molar refractivity (Wildman–Crippen MR) is 38.3 cm³/mol. The van der Waals surface area contributed by atoms with E-state index in [-0.39, 0.29) is 5.92 Å². The Balaban J connectivity index is 3.46. The Hall–Kier alpha value is 0.150. The molecule has 0 saturated heterocycles. The average Bonchev–Trinajstić information content (AvgIpc) is 1.84. The van der Waals surface area contributed by atoms with Gasteiger partial charge in [-0.05, 0) is 6.42 Å². The lowest BCUT2D eigenvalue weighted by Crippen LogP contribution is -2.09. The molecule has 0 fully saturated rings. The normalized spacial score (nSPS) is 13.4. The van der Waals surface area contributed by atoms with Crippen LogP contribution in [0.5, 0.6) is 0 Å². The molecule has 1 atom stereocenters. The minimum Gasteiger partial charge on any atom is -0.298 e. The molecule has 0 bridgehead atoms. The maximum absolute atomic E-state index is 10.7. The Morgan fingerprint density at radius 1 is 1.75 bits per heavy atom. The van der Waals surface area contributed by atoms with Crippen LogP contribution in [-0.4, -0.2) is 11.1 Å². The zero-order valence-electron chi connectivity index (χ0n) is 5.28. The predicted octanol–water partition coefficient (Wildman–Crippen LogP) is 2.00. The fourth-order valence-electron chi connectivity index (χ4n) is 0.359. The van der Waals surface area contributed by atoms with Crippen LogP contribution >= 0.6 is 15.9 Å². The highest BCUT2D eigenvalue weighted by molar-refractivity contribution is 9.09. The average molecular weight is 179 g/mol. The van der Waals surface area contributed by atoms with E-state index in [0.717, 1.165) is 6.42 Å². The van der Waals surface area contributed by atoms with E-state index in [2.05, 4.69) is 15.9 Å². The Morgan fingerprint density at radius 3 is 2.38 bits per heavy atom. The van der Waals surface area contributed by atoms with Crippen molar-refractivity contribution in [1.29, 1.82) is 0 Å². The van der Waals surface area contributed by atoms with E-state index in [0.29, 0.717) is 11.1 Å². The lowest BCUT2D eigenvalue weighted by atomic mass is 10.1. The van der Waals surface area contributed by atoms with Crippen molar-refractivity contribution < 1.29 is 4.79 Å². The standard InChI is InChI=1S/C6H11BrO/c1-3-5(2)6(8)4-7/h5H,3-4H2,1-2H3/t5-/m1/s1. The van der Waals surface area contributed by atoms with E-state index in [1.165, 1.54) is 0 Å². The first-order chi connectivity index (χ1) is 3.72. The highest BCUT2D eigenvalue weighted by Gasteiger charge is 2.06. The fraction of sp³-hybridized carbons (Fsp3) is 0.833. The topological polar surface area (TPSA) is 17.1 Å². The van der Waals surface area contributed by atoms with E-state index < -0.39 is 0 Å². The SMILES string of the molecule is CC[C@@H](C)C(=O)CBr. The number of alkyl halides is 1. The summed E-state index contributed by atoms with van der Waals surface area (Å²) in [5.74, 6) is 0.530. The Kier molecular flexibility index (Phi) is 4.15. The number of carbonyl (C=O) groups is 1. The molecule has 2 heteroatoms. The smallest absolute Gasteiger partial charge is 0.146 e. The molecule has 0 aromatic rings. The van der Waals surface area contributed by atoms with E-state index >= 15 is 0 Å². The summed E-state index contributed by atoms with van der Waals surface area (Å²) in [6.45, 7) is 3.97. The molecule has 0 heterocycles. The number of hydrogen-bond acceptors (Lipinski definition) is 1.